The van der Waals surface area contributed by atoms with E-state index in [1.807, 2.05) is 43.3 Å². The molecule has 27 heavy (non-hydrogen) atoms. The zero-order valence-corrected chi connectivity index (χ0v) is 17.3. The van der Waals surface area contributed by atoms with E-state index in [4.69, 9.17) is 9.47 Å². The molecule has 3 heteroatoms. The number of benzene rings is 3. The standard InChI is InChI=1S/C24H27O2Si/c1-4-25-21-13-15-24(16-14-21)27(2,3)18-17-20-9-8-12-23(19-20)26-22-10-6-5-7-11-22/h5-17,19H,4,18H2,1-3H3. The molecule has 0 aliphatic carbocycles. The summed E-state index contributed by atoms with van der Waals surface area (Å²) in [5.74, 6) is 2.68. The summed E-state index contributed by atoms with van der Waals surface area (Å²) in [7, 11) is -1.55. The van der Waals surface area contributed by atoms with Crippen LogP contribution in [0.3, 0.4) is 0 Å². The second kappa shape index (κ2) is 8.91. The molecule has 0 aromatic heterocycles. The minimum Gasteiger partial charge on any atom is -0.494 e. The third kappa shape index (κ3) is 5.47. The van der Waals surface area contributed by atoms with Crippen molar-refractivity contribution in [3.05, 3.63) is 90.8 Å². The lowest BCUT2D eigenvalue weighted by Gasteiger charge is -2.23. The Bertz CT molecular complexity index is 842. The van der Waals surface area contributed by atoms with Gasteiger partial charge < -0.3 is 9.47 Å². The third-order valence-corrected chi connectivity index (χ3v) is 7.75. The minimum absolute atomic E-state index is 0.704. The normalized spacial score (nSPS) is 11.2. The highest BCUT2D eigenvalue weighted by molar-refractivity contribution is 6.90. The second-order valence-corrected chi connectivity index (χ2v) is 12.0. The molecule has 139 valence electrons. The fourth-order valence-corrected chi connectivity index (χ4v) is 5.04. The van der Waals surface area contributed by atoms with Gasteiger partial charge in [-0.15, -0.1) is 0 Å². The first kappa shape index (κ1) is 19.2. The molecule has 0 N–H and O–H groups in total. The van der Waals surface area contributed by atoms with Gasteiger partial charge in [0.25, 0.3) is 0 Å². The van der Waals surface area contributed by atoms with Gasteiger partial charge in [0.15, 0.2) is 0 Å². The molecular weight excluding hydrogens is 348 g/mol. The van der Waals surface area contributed by atoms with Crippen LogP contribution in [0.5, 0.6) is 17.2 Å². The summed E-state index contributed by atoms with van der Waals surface area (Å²) >= 11 is 0. The van der Waals surface area contributed by atoms with E-state index in [-0.39, 0.29) is 0 Å². The highest BCUT2D eigenvalue weighted by Gasteiger charge is 2.23. The first-order valence-corrected chi connectivity index (χ1v) is 12.7. The molecule has 3 aromatic carbocycles. The molecule has 3 aromatic rings. The topological polar surface area (TPSA) is 18.5 Å². The molecular formula is C24H27O2Si. The number of para-hydroxylation sites is 1. The van der Waals surface area contributed by atoms with E-state index >= 15 is 0 Å². The van der Waals surface area contributed by atoms with Crippen LogP contribution in [-0.2, 0) is 0 Å². The molecule has 0 fully saturated rings. The Morgan fingerprint density at radius 3 is 2.19 bits per heavy atom. The summed E-state index contributed by atoms with van der Waals surface area (Å²) in [4.78, 5) is 0. The average molecular weight is 376 g/mol. The molecule has 0 aliphatic heterocycles. The monoisotopic (exact) mass is 375 g/mol. The van der Waals surface area contributed by atoms with Gasteiger partial charge in [0.1, 0.15) is 17.2 Å². The van der Waals surface area contributed by atoms with Gasteiger partial charge in [-0.3, -0.25) is 0 Å². The lowest BCUT2D eigenvalue weighted by molar-refractivity contribution is 0.340. The maximum atomic E-state index is 5.95. The van der Waals surface area contributed by atoms with Crippen LogP contribution in [0.1, 0.15) is 12.5 Å². The van der Waals surface area contributed by atoms with Gasteiger partial charge >= 0.3 is 0 Å². The largest absolute Gasteiger partial charge is 0.494 e. The Kier molecular flexibility index (Phi) is 6.35. The molecule has 0 atom stereocenters. The number of rotatable bonds is 8. The Hall–Kier alpha value is -2.52. The molecule has 0 aliphatic rings. The summed E-state index contributed by atoms with van der Waals surface area (Å²) in [5.41, 5.74) is 1.20. The van der Waals surface area contributed by atoms with Crippen molar-refractivity contribution in [2.75, 3.05) is 6.61 Å². The van der Waals surface area contributed by atoms with E-state index in [9.17, 15) is 0 Å². The van der Waals surface area contributed by atoms with Gasteiger partial charge in [-0.1, -0.05) is 60.7 Å². The van der Waals surface area contributed by atoms with Crippen molar-refractivity contribution in [3.63, 3.8) is 0 Å². The minimum atomic E-state index is -1.55. The van der Waals surface area contributed by atoms with Crippen molar-refractivity contribution < 1.29 is 9.47 Å². The Labute approximate surface area is 163 Å². The highest BCUT2D eigenvalue weighted by Crippen LogP contribution is 2.24. The summed E-state index contributed by atoms with van der Waals surface area (Å²) < 4.78 is 11.5. The van der Waals surface area contributed by atoms with Crippen molar-refractivity contribution in [3.8, 4) is 17.2 Å². The molecule has 3 rings (SSSR count). The van der Waals surface area contributed by atoms with Crippen LogP contribution in [0.4, 0.5) is 0 Å². The summed E-state index contributed by atoms with van der Waals surface area (Å²) in [6.07, 6.45) is 2.33. The molecule has 0 heterocycles. The quantitative estimate of drug-likeness (QED) is 0.447. The van der Waals surface area contributed by atoms with Crippen molar-refractivity contribution in [1.29, 1.82) is 0 Å². The molecule has 0 unspecified atom stereocenters. The van der Waals surface area contributed by atoms with Gasteiger partial charge in [0.2, 0.25) is 0 Å². The molecule has 0 saturated heterocycles. The zero-order valence-electron chi connectivity index (χ0n) is 16.3. The molecule has 2 nitrogen and oxygen atoms in total. The van der Waals surface area contributed by atoms with Crippen LogP contribution >= 0.6 is 0 Å². The Morgan fingerprint density at radius 1 is 0.778 bits per heavy atom. The summed E-state index contributed by atoms with van der Waals surface area (Å²) in [6, 6.07) is 27.9. The fourth-order valence-electron chi connectivity index (χ4n) is 2.99. The van der Waals surface area contributed by atoms with E-state index in [1.54, 1.807) is 0 Å². The van der Waals surface area contributed by atoms with E-state index in [1.165, 1.54) is 10.8 Å². The molecule has 0 bridgehead atoms. The van der Waals surface area contributed by atoms with Crippen LogP contribution < -0.4 is 14.7 Å². The molecule has 0 saturated carbocycles. The van der Waals surface area contributed by atoms with E-state index in [0.29, 0.717) is 6.61 Å². The third-order valence-electron chi connectivity index (χ3n) is 4.63. The van der Waals surface area contributed by atoms with E-state index in [2.05, 4.69) is 62.0 Å². The average Bonchev–Trinajstić information content (AvgIpc) is 2.68. The lowest BCUT2D eigenvalue weighted by Crippen LogP contribution is -2.41. The van der Waals surface area contributed by atoms with E-state index in [0.717, 1.165) is 23.3 Å². The lowest BCUT2D eigenvalue weighted by atomic mass is 10.1. The van der Waals surface area contributed by atoms with Gasteiger partial charge in [-0.2, -0.15) is 0 Å². The zero-order chi connectivity index (χ0) is 19.1. The fraction of sp³-hybridized carbons (Fsp3) is 0.208. The smallest absolute Gasteiger partial charge is 0.127 e. The van der Waals surface area contributed by atoms with Crippen LogP contribution in [0.15, 0.2) is 78.9 Å². The predicted octanol–water partition coefficient (Wildman–Crippen LogP) is 6.05. The molecule has 1 radical (unpaired) electrons. The molecule has 0 spiro atoms. The van der Waals surface area contributed by atoms with E-state index < -0.39 is 8.07 Å². The van der Waals surface area contributed by atoms with Crippen LogP contribution in [0.25, 0.3) is 0 Å². The van der Waals surface area contributed by atoms with Crippen LogP contribution in [-0.4, -0.2) is 14.7 Å². The summed E-state index contributed by atoms with van der Waals surface area (Å²) in [6.45, 7) is 7.53. The molecule has 0 amide bonds. The number of ether oxygens (including phenoxy) is 2. The van der Waals surface area contributed by atoms with Crippen LogP contribution in [0.2, 0.25) is 19.1 Å². The number of hydrogen-bond acceptors (Lipinski definition) is 2. The van der Waals surface area contributed by atoms with Crippen molar-refractivity contribution in [2.24, 2.45) is 0 Å². The SMILES string of the molecule is CCOc1ccc([Si](C)(C)C[CH]c2cccc(Oc3ccccc3)c2)cc1. The van der Waals surface area contributed by atoms with Crippen LogP contribution in [0, 0.1) is 6.42 Å². The van der Waals surface area contributed by atoms with Crippen molar-refractivity contribution in [2.45, 2.75) is 26.1 Å². The van der Waals surface area contributed by atoms with Gasteiger partial charge in [-0.25, -0.2) is 0 Å². The highest BCUT2D eigenvalue weighted by atomic mass is 28.3. The van der Waals surface area contributed by atoms with Gasteiger partial charge in [-0.05, 0) is 61.4 Å². The number of hydrogen-bond donors (Lipinski definition) is 0. The predicted molar refractivity (Wildman–Crippen MR) is 116 cm³/mol. The Morgan fingerprint density at radius 2 is 1.48 bits per heavy atom. The first-order valence-electron chi connectivity index (χ1n) is 9.46. The Balaban J connectivity index is 1.64. The second-order valence-electron chi connectivity index (χ2n) is 7.24. The summed E-state index contributed by atoms with van der Waals surface area (Å²) in [5, 5.41) is 1.44. The maximum absolute atomic E-state index is 5.95. The maximum Gasteiger partial charge on any atom is 0.127 e. The van der Waals surface area contributed by atoms with Crippen molar-refractivity contribution in [1.82, 2.24) is 0 Å². The first-order chi connectivity index (χ1) is 13.1. The van der Waals surface area contributed by atoms with Gasteiger partial charge in [0.05, 0.1) is 14.7 Å². The van der Waals surface area contributed by atoms with Crippen molar-refractivity contribution >= 4 is 13.3 Å². The van der Waals surface area contributed by atoms with Gasteiger partial charge in [0, 0.05) is 0 Å².